The summed E-state index contributed by atoms with van der Waals surface area (Å²) >= 11 is 5.18. The summed E-state index contributed by atoms with van der Waals surface area (Å²) in [6.07, 6.45) is 3.18. The second-order valence-electron chi connectivity index (χ2n) is 7.47. The molecule has 1 aromatic heterocycles. The summed E-state index contributed by atoms with van der Waals surface area (Å²) < 4.78 is 6.61. The highest BCUT2D eigenvalue weighted by Crippen LogP contribution is 2.29. The van der Waals surface area contributed by atoms with Crippen LogP contribution in [-0.4, -0.2) is 22.2 Å². The normalized spacial score (nSPS) is 12.2. The van der Waals surface area contributed by atoms with Crippen molar-refractivity contribution in [2.24, 2.45) is 0 Å². The van der Waals surface area contributed by atoms with Crippen LogP contribution in [-0.2, 0) is 10.5 Å². The standard InChI is InChI=1S/C27H22BrNO3S/c1-18(27(30)31)32-26-5-3-2-4-21(26)17-33-24-14-7-19(8-15-24)6-12-23-13-10-20-9-11-22(28)16-25(20)29-23/h2-16,18H,17H2,1H3,(H,30,31). The van der Waals surface area contributed by atoms with Gasteiger partial charge in [0.25, 0.3) is 0 Å². The first-order chi connectivity index (χ1) is 16.0. The predicted molar refractivity (Wildman–Crippen MR) is 139 cm³/mol. The Bertz CT molecular complexity index is 1300. The van der Waals surface area contributed by atoms with E-state index in [4.69, 9.17) is 14.8 Å². The summed E-state index contributed by atoms with van der Waals surface area (Å²) in [5.41, 5.74) is 3.93. The minimum absolute atomic E-state index is 0.606. The maximum absolute atomic E-state index is 11.1. The fourth-order valence-electron chi connectivity index (χ4n) is 3.20. The van der Waals surface area contributed by atoms with E-state index in [1.54, 1.807) is 11.8 Å². The third kappa shape index (κ3) is 6.24. The minimum Gasteiger partial charge on any atom is -0.479 e. The lowest BCUT2D eigenvalue weighted by Crippen LogP contribution is -2.23. The van der Waals surface area contributed by atoms with Gasteiger partial charge in [-0.1, -0.05) is 64.5 Å². The van der Waals surface area contributed by atoms with E-state index in [0.717, 1.165) is 37.1 Å². The molecule has 33 heavy (non-hydrogen) atoms. The average Bonchev–Trinajstić information content (AvgIpc) is 2.82. The van der Waals surface area contributed by atoms with Gasteiger partial charge in [0.15, 0.2) is 6.10 Å². The van der Waals surface area contributed by atoms with Gasteiger partial charge >= 0.3 is 5.97 Å². The molecule has 6 heteroatoms. The van der Waals surface area contributed by atoms with Gasteiger partial charge in [0.2, 0.25) is 0 Å². The number of para-hydroxylation sites is 1. The minimum atomic E-state index is -0.979. The van der Waals surface area contributed by atoms with E-state index in [-0.39, 0.29) is 0 Å². The monoisotopic (exact) mass is 519 g/mol. The average molecular weight is 520 g/mol. The first-order valence-electron chi connectivity index (χ1n) is 10.4. The van der Waals surface area contributed by atoms with Gasteiger partial charge in [-0.2, -0.15) is 0 Å². The van der Waals surface area contributed by atoms with Crippen LogP contribution in [0.2, 0.25) is 0 Å². The number of fused-ring (bicyclic) bond motifs is 1. The Balaban J connectivity index is 1.40. The van der Waals surface area contributed by atoms with Crippen LogP contribution in [0.5, 0.6) is 5.75 Å². The van der Waals surface area contributed by atoms with Crippen LogP contribution >= 0.6 is 27.7 Å². The van der Waals surface area contributed by atoms with E-state index in [2.05, 4.69) is 52.3 Å². The Labute approximate surface area is 205 Å². The van der Waals surface area contributed by atoms with Gasteiger partial charge in [-0.25, -0.2) is 9.78 Å². The van der Waals surface area contributed by atoms with Crippen LogP contribution in [0, 0.1) is 0 Å². The third-order valence-electron chi connectivity index (χ3n) is 5.02. The van der Waals surface area contributed by atoms with Crippen molar-refractivity contribution in [3.63, 3.8) is 0 Å². The Hall–Kier alpha value is -3.09. The zero-order valence-corrected chi connectivity index (χ0v) is 20.3. The number of halogens is 1. The number of carboxylic acid groups (broad SMARTS) is 1. The number of ether oxygens (including phenoxy) is 1. The van der Waals surface area contributed by atoms with Crippen LogP contribution in [0.3, 0.4) is 0 Å². The molecule has 0 radical (unpaired) electrons. The van der Waals surface area contributed by atoms with E-state index in [0.29, 0.717) is 11.5 Å². The van der Waals surface area contributed by atoms with Gasteiger partial charge in [0.1, 0.15) is 5.75 Å². The Morgan fingerprint density at radius 1 is 1.06 bits per heavy atom. The number of aromatic nitrogens is 1. The van der Waals surface area contributed by atoms with E-state index in [1.807, 2.05) is 54.6 Å². The lowest BCUT2D eigenvalue weighted by molar-refractivity contribution is -0.144. The first kappa shape index (κ1) is 23.1. The molecule has 0 saturated heterocycles. The Kier molecular flexibility index (Phi) is 7.47. The second kappa shape index (κ2) is 10.7. The van der Waals surface area contributed by atoms with E-state index < -0.39 is 12.1 Å². The lowest BCUT2D eigenvalue weighted by atomic mass is 10.1. The van der Waals surface area contributed by atoms with Crippen molar-refractivity contribution in [3.8, 4) is 5.75 Å². The molecule has 4 aromatic rings. The van der Waals surface area contributed by atoms with Crippen molar-refractivity contribution in [2.45, 2.75) is 23.7 Å². The molecule has 3 aromatic carbocycles. The molecular weight excluding hydrogens is 498 g/mol. The molecule has 1 heterocycles. The molecule has 0 bridgehead atoms. The molecule has 1 atom stereocenters. The summed E-state index contributed by atoms with van der Waals surface area (Å²) in [6, 6.07) is 26.0. The number of carbonyl (C=O) groups is 1. The van der Waals surface area contributed by atoms with Crippen molar-refractivity contribution in [1.82, 2.24) is 4.98 Å². The van der Waals surface area contributed by atoms with Crippen LogP contribution in [0.15, 0.2) is 88.2 Å². The van der Waals surface area contributed by atoms with Crippen molar-refractivity contribution in [1.29, 1.82) is 0 Å². The molecule has 1 N–H and O–H groups in total. The van der Waals surface area contributed by atoms with Crippen LogP contribution in [0.1, 0.15) is 23.7 Å². The van der Waals surface area contributed by atoms with Gasteiger partial charge in [-0.3, -0.25) is 0 Å². The lowest BCUT2D eigenvalue weighted by Gasteiger charge is -2.14. The number of aliphatic carboxylic acids is 1. The fraction of sp³-hybridized carbons (Fsp3) is 0.111. The second-order valence-corrected chi connectivity index (χ2v) is 9.43. The van der Waals surface area contributed by atoms with Gasteiger partial charge in [0, 0.05) is 26.1 Å². The highest BCUT2D eigenvalue weighted by atomic mass is 79.9. The molecule has 0 aliphatic rings. The summed E-state index contributed by atoms with van der Waals surface area (Å²) in [5.74, 6) is 0.316. The molecule has 0 aliphatic heterocycles. The number of carboxylic acids is 1. The van der Waals surface area contributed by atoms with Crippen LogP contribution in [0.4, 0.5) is 0 Å². The predicted octanol–water partition coefficient (Wildman–Crippen LogP) is 7.31. The molecule has 0 saturated carbocycles. The molecule has 0 amide bonds. The molecular formula is C27H22BrNO3S. The van der Waals surface area contributed by atoms with E-state index in [1.165, 1.54) is 6.92 Å². The number of benzene rings is 3. The highest BCUT2D eigenvalue weighted by molar-refractivity contribution is 9.10. The first-order valence-corrected chi connectivity index (χ1v) is 12.2. The highest BCUT2D eigenvalue weighted by Gasteiger charge is 2.14. The summed E-state index contributed by atoms with van der Waals surface area (Å²) in [6.45, 7) is 1.53. The fourth-order valence-corrected chi connectivity index (χ4v) is 4.43. The molecule has 0 spiro atoms. The van der Waals surface area contributed by atoms with E-state index >= 15 is 0 Å². The molecule has 0 aliphatic carbocycles. The van der Waals surface area contributed by atoms with Gasteiger partial charge in [-0.05, 0) is 55.0 Å². The number of thioether (sulfide) groups is 1. The van der Waals surface area contributed by atoms with Crippen molar-refractivity contribution in [3.05, 3.63) is 100 Å². The summed E-state index contributed by atoms with van der Waals surface area (Å²) in [4.78, 5) is 16.9. The van der Waals surface area contributed by atoms with Gasteiger partial charge in [0.05, 0.1) is 11.2 Å². The zero-order valence-electron chi connectivity index (χ0n) is 17.9. The number of hydrogen-bond acceptors (Lipinski definition) is 4. The molecule has 4 rings (SSSR count). The van der Waals surface area contributed by atoms with Crippen LogP contribution in [0.25, 0.3) is 23.1 Å². The largest absolute Gasteiger partial charge is 0.479 e. The maximum atomic E-state index is 11.1. The zero-order chi connectivity index (χ0) is 23.2. The van der Waals surface area contributed by atoms with Crippen molar-refractivity contribution in [2.75, 3.05) is 0 Å². The third-order valence-corrected chi connectivity index (χ3v) is 6.57. The van der Waals surface area contributed by atoms with Gasteiger partial charge in [-0.15, -0.1) is 11.8 Å². The molecule has 4 nitrogen and oxygen atoms in total. The van der Waals surface area contributed by atoms with Crippen molar-refractivity contribution >= 4 is 56.7 Å². The molecule has 166 valence electrons. The van der Waals surface area contributed by atoms with E-state index in [9.17, 15) is 4.79 Å². The SMILES string of the molecule is CC(Oc1ccccc1CSc1ccc(C=Cc2ccc3ccc(Br)cc3n2)cc1)C(=O)O. The topological polar surface area (TPSA) is 59.4 Å². The number of hydrogen-bond donors (Lipinski definition) is 1. The molecule has 0 fully saturated rings. The molecule has 1 unspecified atom stereocenters. The smallest absolute Gasteiger partial charge is 0.344 e. The van der Waals surface area contributed by atoms with Gasteiger partial charge < -0.3 is 9.84 Å². The Morgan fingerprint density at radius 3 is 2.61 bits per heavy atom. The Morgan fingerprint density at radius 2 is 1.82 bits per heavy atom. The quantitative estimate of drug-likeness (QED) is 0.247. The number of rotatable bonds is 8. The maximum Gasteiger partial charge on any atom is 0.344 e. The number of nitrogens with zero attached hydrogens (tertiary/aromatic N) is 1. The number of pyridine rings is 1. The summed E-state index contributed by atoms with van der Waals surface area (Å²) in [7, 11) is 0. The van der Waals surface area contributed by atoms with Crippen molar-refractivity contribution < 1.29 is 14.6 Å². The summed E-state index contributed by atoms with van der Waals surface area (Å²) in [5, 5.41) is 10.2. The van der Waals surface area contributed by atoms with Crippen LogP contribution < -0.4 is 4.74 Å².